The Morgan fingerprint density at radius 1 is 1.32 bits per heavy atom. The standard InChI is InChI=1S/C17H24N2/c1-3-5-6-12-19-13-10-15-8-7-9-16(17(15)19)14-18-11-4-2/h3,7-10,13,18H,1,4-6,11-12,14H2,2H3. The molecule has 1 heterocycles. The lowest BCUT2D eigenvalue weighted by atomic mass is 10.1. The number of hydrogen-bond acceptors (Lipinski definition) is 1. The minimum Gasteiger partial charge on any atom is -0.347 e. The monoisotopic (exact) mass is 256 g/mol. The lowest BCUT2D eigenvalue weighted by molar-refractivity contribution is 0.656. The van der Waals surface area contributed by atoms with Crippen LogP contribution >= 0.6 is 0 Å². The number of aryl methyl sites for hydroxylation is 1. The highest BCUT2D eigenvalue weighted by Crippen LogP contribution is 2.21. The van der Waals surface area contributed by atoms with Gasteiger partial charge in [-0.3, -0.25) is 0 Å². The zero-order valence-electron chi connectivity index (χ0n) is 11.9. The number of para-hydroxylation sites is 1. The minimum absolute atomic E-state index is 0.955. The molecule has 0 fully saturated rings. The van der Waals surface area contributed by atoms with Crippen molar-refractivity contribution < 1.29 is 0 Å². The van der Waals surface area contributed by atoms with Gasteiger partial charge in [0.2, 0.25) is 0 Å². The molecule has 0 bridgehead atoms. The van der Waals surface area contributed by atoms with E-state index in [9.17, 15) is 0 Å². The predicted molar refractivity (Wildman–Crippen MR) is 83.4 cm³/mol. The normalized spacial score (nSPS) is 11.0. The number of nitrogens with zero attached hydrogens (tertiary/aromatic N) is 1. The van der Waals surface area contributed by atoms with Gasteiger partial charge in [0.25, 0.3) is 0 Å². The van der Waals surface area contributed by atoms with Gasteiger partial charge in [-0.1, -0.05) is 31.2 Å². The second kappa shape index (κ2) is 7.15. The largest absolute Gasteiger partial charge is 0.347 e. The number of aromatic nitrogens is 1. The summed E-state index contributed by atoms with van der Waals surface area (Å²) in [5, 5.41) is 4.84. The summed E-state index contributed by atoms with van der Waals surface area (Å²) >= 11 is 0. The summed E-state index contributed by atoms with van der Waals surface area (Å²) in [6, 6.07) is 8.80. The van der Waals surface area contributed by atoms with E-state index in [0.717, 1.165) is 32.5 Å². The van der Waals surface area contributed by atoms with Gasteiger partial charge in [-0.05, 0) is 42.8 Å². The third-order valence-corrected chi connectivity index (χ3v) is 3.42. The van der Waals surface area contributed by atoms with E-state index in [-0.39, 0.29) is 0 Å². The van der Waals surface area contributed by atoms with E-state index in [1.54, 1.807) is 0 Å². The van der Waals surface area contributed by atoms with Crippen molar-refractivity contribution in [1.82, 2.24) is 9.88 Å². The summed E-state index contributed by atoms with van der Waals surface area (Å²) in [7, 11) is 0. The smallest absolute Gasteiger partial charge is 0.0525 e. The lowest BCUT2D eigenvalue weighted by Gasteiger charge is -2.10. The van der Waals surface area contributed by atoms with Crippen molar-refractivity contribution in [2.75, 3.05) is 6.54 Å². The zero-order valence-corrected chi connectivity index (χ0v) is 11.9. The van der Waals surface area contributed by atoms with Crippen LogP contribution in [0, 0.1) is 0 Å². The van der Waals surface area contributed by atoms with Crippen LogP contribution in [0.15, 0.2) is 43.1 Å². The highest BCUT2D eigenvalue weighted by atomic mass is 15.0. The van der Waals surface area contributed by atoms with Crippen molar-refractivity contribution in [3.05, 3.63) is 48.7 Å². The quantitative estimate of drug-likeness (QED) is 0.555. The Labute approximate surface area is 116 Å². The van der Waals surface area contributed by atoms with Crippen LogP contribution in [-0.2, 0) is 13.1 Å². The Balaban J connectivity index is 2.19. The highest BCUT2D eigenvalue weighted by molar-refractivity contribution is 5.83. The first-order valence-corrected chi connectivity index (χ1v) is 7.25. The SMILES string of the molecule is C=CCCCn1ccc2cccc(CNCCC)c21. The molecule has 0 aliphatic heterocycles. The molecule has 0 saturated carbocycles. The average molecular weight is 256 g/mol. The fourth-order valence-electron chi connectivity index (χ4n) is 2.48. The third-order valence-electron chi connectivity index (χ3n) is 3.42. The first-order valence-electron chi connectivity index (χ1n) is 7.25. The molecule has 0 saturated heterocycles. The van der Waals surface area contributed by atoms with Crippen molar-refractivity contribution in [2.24, 2.45) is 0 Å². The molecule has 1 aromatic carbocycles. The van der Waals surface area contributed by atoms with Crippen LogP contribution in [0.25, 0.3) is 10.9 Å². The molecule has 0 unspecified atom stereocenters. The van der Waals surface area contributed by atoms with Crippen molar-refractivity contribution in [3.63, 3.8) is 0 Å². The van der Waals surface area contributed by atoms with Gasteiger partial charge in [-0.2, -0.15) is 0 Å². The van der Waals surface area contributed by atoms with Crippen molar-refractivity contribution in [3.8, 4) is 0 Å². The fourth-order valence-corrected chi connectivity index (χ4v) is 2.48. The topological polar surface area (TPSA) is 17.0 Å². The van der Waals surface area contributed by atoms with Crippen LogP contribution in [0.2, 0.25) is 0 Å². The van der Waals surface area contributed by atoms with Crippen molar-refractivity contribution >= 4 is 10.9 Å². The maximum absolute atomic E-state index is 3.79. The number of nitrogens with one attached hydrogen (secondary N) is 1. The second-order valence-corrected chi connectivity index (χ2v) is 4.97. The Morgan fingerprint density at radius 3 is 3.00 bits per heavy atom. The van der Waals surface area contributed by atoms with Gasteiger partial charge in [0.1, 0.15) is 0 Å². The Hall–Kier alpha value is -1.54. The van der Waals surface area contributed by atoms with Crippen LogP contribution in [0.1, 0.15) is 31.7 Å². The molecular weight excluding hydrogens is 232 g/mol. The van der Waals surface area contributed by atoms with E-state index < -0.39 is 0 Å². The molecular formula is C17H24N2. The molecule has 1 N–H and O–H groups in total. The summed E-state index contributed by atoms with van der Waals surface area (Å²) < 4.78 is 2.38. The molecule has 102 valence electrons. The van der Waals surface area contributed by atoms with Crippen LogP contribution < -0.4 is 5.32 Å². The maximum atomic E-state index is 3.79. The Bertz CT molecular complexity index is 525. The van der Waals surface area contributed by atoms with Gasteiger partial charge < -0.3 is 9.88 Å². The molecule has 0 spiro atoms. The predicted octanol–water partition coefficient (Wildman–Crippen LogP) is 4.11. The summed E-state index contributed by atoms with van der Waals surface area (Å²) in [6.45, 7) is 9.09. The van der Waals surface area contributed by atoms with Gasteiger partial charge in [0.15, 0.2) is 0 Å². The molecule has 0 radical (unpaired) electrons. The van der Waals surface area contributed by atoms with Gasteiger partial charge in [0, 0.05) is 19.3 Å². The van der Waals surface area contributed by atoms with Gasteiger partial charge in [-0.15, -0.1) is 6.58 Å². The van der Waals surface area contributed by atoms with Crippen molar-refractivity contribution in [2.45, 2.75) is 39.3 Å². The van der Waals surface area contributed by atoms with Crippen molar-refractivity contribution in [1.29, 1.82) is 0 Å². The number of benzene rings is 1. The molecule has 2 heteroatoms. The number of hydrogen-bond donors (Lipinski definition) is 1. The molecule has 0 amide bonds. The third kappa shape index (κ3) is 3.48. The molecule has 2 nitrogen and oxygen atoms in total. The molecule has 2 rings (SSSR count). The first kappa shape index (κ1) is 13.9. The fraction of sp³-hybridized carbons (Fsp3) is 0.412. The van der Waals surface area contributed by atoms with Crippen LogP contribution in [0.5, 0.6) is 0 Å². The minimum atomic E-state index is 0.955. The molecule has 0 atom stereocenters. The molecule has 0 aliphatic rings. The van der Waals surface area contributed by atoms with E-state index in [4.69, 9.17) is 0 Å². The molecule has 19 heavy (non-hydrogen) atoms. The van der Waals surface area contributed by atoms with Gasteiger partial charge >= 0.3 is 0 Å². The van der Waals surface area contributed by atoms with Crippen LogP contribution in [0.3, 0.4) is 0 Å². The van der Waals surface area contributed by atoms with Crippen LogP contribution in [-0.4, -0.2) is 11.1 Å². The molecule has 0 aliphatic carbocycles. The molecule has 2 aromatic rings. The Kier molecular flexibility index (Phi) is 5.22. The van der Waals surface area contributed by atoms with E-state index in [1.807, 2.05) is 6.08 Å². The van der Waals surface area contributed by atoms with Gasteiger partial charge in [-0.25, -0.2) is 0 Å². The summed E-state index contributed by atoms with van der Waals surface area (Å²) in [4.78, 5) is 0. The van der Waals surface area contributed by atoms with Crippen LogP contribution in [0.4, 0.5) is 0 Å². The number of rotatable bonds is 8. The summed E-state index contributed by atoms with van der Waals surface area (Å²) in [6.07, 6.45) is 7.61. The number of allylic oxidation sites excluding steroid dienone is 1. The van der Waals surface area contributed by atoms with E-state index in [1.165, 1.54) is 22.9 Å². The zero-order chi connectivity index (χ0) is 13.5. The first-order chi connectivity index (χ1) is 9.36. The second-order valence-electron chi connectivity index (χ2n) is 4.97. The number of unbranched alkanes of at least 4 members (excludes halogenated alkanes) is 1. The van der Waals surface area contributed by atoms with E-state index in [2.05, 4.69) is 53.8 Å². The lowest BCUT2D eigenvalue weighted by Crippen LogP contribution is -2.14. The summed E-state index contributed by atoms with van der Waals surface area (Å²) in [5.41, 5.74) is 2.78. The molecule has 1 aromatic heterocycles. The Morgan fingerprint density at radius 2 is 2.21 bits per heavy atom. The van der Waals surface area contributed by atoms with Gasteiger partial charge in [0.05, 0.1) is 5.52 Å². The average Bonchev–Trinajstić information content (AvgIpc) is 2.84. The van der Waals surface area contributed by atoms with E-state index in [0.29, 0.717) is 0 Å². The summed E-state index contributed by atoms with van der Waals surface area (Å²) in [5.74, 6) is 0. The number of fused-ring (bicyclic) bond motifs is 1. The highest BCUT2D eigenvalue weighted by Gasteiger charge is 2.05. The van der Waals surface area contributed by atoms with E-state index >= 15 is 0 Å². The maximum Gasteiger partial charge on any atom is 0.0525 e.